The fourth-order valence-corrected chi connectivity index (χ4v) is 4.65. The van der Waals surface area contributed by atoms with Crippen LogP contribution in [-0.2, 0) is 9.59 Å². The predicted molar refractivity (Wildman–Crippen MR) is 87.3 cm³/mol. The molecule has 1 aliphatic carbocycles. The average Bonchev–Trinajstić information content (AvgIpc) is 2.77. The Kier molecular flexibility index (Phi) is 5.23. The summed E-state index contributed by atoms with van der Waals surface area (Å²) in [6, 6.07) is -0.0969. The Morgan fingerprint density at radius 2 is 2.00 bits per heavy atom. The van der Waals surface area contributed by atoms with Crippen molar-refractivity contribution in [3.05, 3.63) is 0 Å². The molecule has 1 N–H and O–H groups in total. The van der Waals surface area contributed by atoms with Crippen molar-refractivity contribution < 1.29 is 9.59 Å². The molecule has 2 fully saturated rings. The molecule has 0 aromatic heterocycles. The van der Waals surface area contributed by atoms with Crippen molar-refractivity contribution in [2.24, 2.45) is 5.41 Å². The number of hydrogen-bond acceptors (Lipinski definition) is 3. The van der Waals surface area contributed by atoms with Gasteiger partial charge in [0.15, 0.2) is 0 Å². The van der Waals surface area contributed by atoms with Crippen LogP contribution in [0.3, 0.4) is 0 Å². The molecule has 0 aromatic carbocycles. The molecular formula is C16H28N2O2S. The molecule has 0 spiro atoms. The molecule has 3 unspecified atom stereocenters. The highest BCUT2D eigenvalue weighted by atomic mass is 32.2. The Morgan fingerprint density at radius 3 is 2.62 bits per heavy atom. The first-order valence-corrected chi connectivity index (χ1v) is 9.11. The minimum atomic E-state index is -0.402. The van der Waals surface area contributed by atoms with Gasteiger partial charge in [-0.1, -0.05) is 34.1 Å². The van der Waals surface area contributed by atoms with Gasteiger partial charge in [-0.25, -0.2) is 0 Å². The number of amides is 2. The molecule has 1 aliphatic heterocycles. The molecule has 1 heterocycles. The van der Waals surface area contributed by atoms with Crippen LogP contribution in [0.4, 0.5) is 0 Å². The van der Waals surface area contributed by atoms with E-state index in [0.29, 0.717) is 24.3 Å². The summed E-state index contributed by atoms with van der Waals surface area (Å²) in [5, 5.41) is 3.47. The monoisotopic (exact) mass is 312 g/mol. The van der Waals surface area contributed by atoms with Crippen LogP contribution in [0.2, 0.25) is 0 Å². The Hall–Kier alpha value is -0.710. The molecule has 3 atom stereocenters. The average molecular weight is 312 g/mol. The van der Waals surface area contributed by atoms with E-state index in [2.05, 4.69) is 12.2 Å². The van der Waals surface area contributed by atoms with Crippen molar-refractivity contribution in [2.45, 2.75) is 70.7 Å². The summed E-state index contributed by atoms with van der Waals surface area (Å²) >= 11 is 1.96. The minimum absolute atomic E-state index is 0.00321. The number of carbonyl (C=O) groups excluding carboxylic acids is 2. The van der Waals surface area contributed by atoms with Crippen molar-refractivity contribution in [3.8, 4) is 0 Å². The molecule has 4 nitrogen and oxygen atoms in total. The molecule has 0 bridgehead atoms. The van der Waals surface area contributed by atoms with Crippen LogP contribution in [-0.4, -0.2) is 46.3 Å². The third-order valence-corrected chi connectivity index (χ3v) is 5.79. The number of hydrogen-bond donors (Lipinski definition) is 1. The standard InChI is InChI=1S/C16H28N2O2S/c1-5-21-12-8-6-7-11(12)18-10-9-13(19)17-14(15(18)20)16(2,3)4/h11-12,14H,5-10H2,1-4H3,(H,17,19). The Bertz CT molecular complexity index is 406. The summed E-state index contributed by atoms with van der Waals surface area (Å²) in [5.74, 6) is 1.20. The number of rotatable bonds is 3. The molecule has 0 aromatic rings. The van der Waals surface area contributed by atoms with Crippen LogP contribution < -0.4 is 5.32 Å². The van der Waals surface area contributed by atoms with Gasteiger partial charge in [-0.15, -0.1) is 0 Å². The largest absolute Gasteiger partial charge is 0.344 e. The van der Waals surface area contributed by atoms with Crippen molar-refractivity contribution in [3.63, 3.8) is 0 Å². The fraction of sp³-hybridized carbons (Fsp3) is 0.875. The smallest absolute Gasteiger partial charge is 0.245 e. The third-order valence-electron chi connectivity index (χ3n) is 4.48. The topological polar surface area (TPSA) is 49.4 Å². The summed E-state index contributed by atoms with van der Waals surface area (Å²) in [6.07, 6.45) is 3.88. The molecule has 5 heteroatoms. The van der Waals surface area contributed by atoms with Crippen molar-refractivity contribution >= 4 is 23.6 Å². The SMILES string of the molecule is CCSC1CCCC1N1CCC(=O)NC(C(C)(C)C)C1=O. The summed E-state index contributed by atoms with van der Waals surface area (Å²) in [5.41, 5.74) is -0.249. The Balaban J connectivity index is 2.21. The zero-order valence-electron chi connectivity index (χ0n) is 13.6. The van der Waals surface area contributed by atoms with Crippen molar-refractivity contribution in [1.82, 2.24) is 10.2 Å². The molecule has 2 rings (SSSR count). The van der Waals surface area contributed by atoms with E-state index in [1.165, 1.54) is 12.8 Å². The van der Waals surface area contributed by atoms with Crippen LogP contribution in [0.5, 0.6) is 0 Å². The van der Waals surface area contributed by atoms with Crippen LogP contribution in [0.25, 0.3) is 0 Å². The number of carbonyl (C=O) groups is 2. The zero-order chi connectivity index (χ0) is 15.6. The van der Waals surface area contributed by atoms with Crippen LogP contribution in [0.1, 0.15) is 53.4 Å². The summed E-state index contributed by atoms with van der Waals surface area (Å²) in [4.78, 5) is 26.9. The first kappa shape index (κ1) is 16.7. The lowest BCUT2D eigenvalue weighted by Crippen LogP contribution is -2.55. The predicted octanol–water partition coefficient (Wildman–Crippen LogP) is 2.42. The molecule has 1 saturated carbocycles. The second-order valence-electron chi connectivity index (χ2n) is 7.14. The second kappa shape index (κ2) is 6.59. The maximum atomic E-state index is 13.0. The lowest BCUT2D eigenvalue weighted by atomic mass is 9.85. The zero-order valence-corrected chi connectivity index (χ0v) is 14.5. The molecular weight excluding hydrogens is 284 g/mol. The maximum absolute atomic E-state index is 13.0. The minimum Gasteiger partial charge on any atom is -0.344 e. The lowest BCUT2D eigenvalue weighted by molar-refractivity contribution is -0.138. The number of thioether (sulfide) groups is 1. The highest BCUT2D eigenvalue weighted by Crippen LogP contribution is 2.35. The van der Waals surface area contributed by atoms with E-state index >= 15 is 0 Å². The summed E-state index contributed by atoms with van der Waals surface area (Å²) < 4.78 is 0. The highest BCUT2D eigenvalue weighted by molar-refractivity contribution is 7.99. The Morgan fingerprint density at radius 1 is 1.29 bits per heavy atom. The van der Waals surface area contributed by atoms with Crippen LogP contribution in [0.15, 0.2) is 0 Å². The van der Waals surface area contributed by atoms with E-state index < -0.39 is 6.04 Å². The van der Waals surface area contributed by atoms with Gasteiger partial charge in [0, 0.05) is 24.3 Å². The molecule has 2 amide bonds. The van der Waals surface area contributed by atoms with Crippen molar-refractivity contribution in [2.75, 3.05) is 12.3 Å². The van der Waals surface area contributed by atoms with Gasteiger partial charge in [0.05, 0.1) is 0 Å². The van der Waals surface area contributed by atoms with Gasteiger partial charge in [0.25, 0.3) is 0 Å². The first-order chi connectivity index (χ1) is 9.84. The lowest BCUT2D eigenvalue weighted by Gasteiger charge is -2.37. The normalized spacial score (nSPS) is 31.2. The van der Waals surface area contributed by atoms with Gasteiger partial charge in [-0.2, -0.15) is 11.8 Å². The van der Waals surface area contributed by atoms with E-state index in [9.17, 15) is 9.59 Å². The van der Waals surface area contributed by atoms with E-state index in [1.807, 2.05) is 37.4 Å². The van der Waals surface area contributed by atoms with E-state index in [0.717, 1.165) is 12.2 Å². The fourth-order valence-electron chi connectivity index (χ4n) is 3.38. The molecule has 0 radical (unpaired) electrons. The van der Waals surface area contributed by atoms with Gasteiger partial charge in [-0.05, 0) is 24.0 Å². The van der Waals surface area contributed by atoms with E-state index in [1.54, 1.807) is 0 Å². The van der Waals surface area contributed by atoms with Gasteiger partial charge in [0.2, 0.25) is 11.8 Å². The van der Waals surface area contributed by atoms with E-state index in [-0.39, 0.29) is 17.2 Å². The van der Waals surface area contributed by atoms with Crippen molar-refractivity contribution in [1.29, 1.82) is 0 Å². The molecule has 120 valence electrons. The second-order valence-corrected chi connectivity index (χ2v) is 8.66. The molecule has 21 heavy (non-hydrogen) atoms. The maximum Gasteiger partial charge on any atom is 0.245 e. The molecule has 2 aliphatic rings. The van der Waals surface area contributed by atoms with Gasteiger partial charge < -0.3 is 10.2 Å². The third kappa shape index (κ3) is 3.74. The van der Waals surface area contributed by atoms with E-state index in [4.69, 9.17) is 0 Å². The number of nitrogens with zero attached hydrogens (tertiary/aromatic N) is 1. The number of nitrogens with one attached hydrogen (secondary N) is 1. The summed E-state index contributed by atoms with van der Waals surface area (Å²) in [6.45, 7) is 8.81. The quantitative estimate of drug-likeness (QED) is 0.871. The highest BCUT2D eigenvalue weighted by Gasteiger charge is 2.42. The first-order valence-electron chi connectivity index (χ1n) is 8.06. The Labute approximate surface area is 132 Å². The van der Waals surface area contributed by atoms with Crippen LogP contribution >= 0.6 is 11.8 Å². The van der Waals surface area contributed by atoms with Gasteiger partial charge in [0.1, 0.15) is 6.04 Å². The van der Waals surface area contributed by atoms with Gasteiger partial charge in [-0.3, -0.25) is 9.59 Å². The van der Waals surface area contributed by atoms with Crippen LogP contribution in [0, 0.1) is 5.41 Å². The molecule has 1 saturated heterocycles. The summed E-state index contributed by atoms with van der Waals surface area (Å²) in [7, 11) is 0. The van der Waals surface area contributed by atoms with Gasteiger partial charge >= 0.3 is 0 Å².